The second-order valence-electron chi connectivity index (χ2n) is 14.8. The van der Waals surface area contributed by atoms with Crippen molar-refractivity contribution in [2.24, 2.45) is 0 Å². The largest absolute Gasteiger partial charge is 0.456 e. The van der Waals surface area contributed by atoms with Crippen LogP contribution in [-0.4, -0.2) is 0 Å². The molecule has 12 aromatic rings. The first-order valence-corrected chi connectivity index (χ1v) is 19.4. The molecule has 12 rings (SSSR count). The van der Waals surface area contributed by atoms with Gasteiger partial charge in [0.2, 0.25) is 0 Å². The van der Waals surface area contributed by atoms with E-state index in [1.165, 1.54) is 38.1 Å². The Morgan fingerprint density at radius 2 is 0.860 bits per heavy atom. The number of hydrogen-bond donors (Lipinski definition) is 0. The van der Waals surface area contributed by atoms with Crippen molar-refractivity contribution in [3.05, 3.63) is 200 Å². The van der Waals surface area contributed by atoms with Gasteiger partial charge in [-0.05, 0) is 115 Å². The van der Waals surface area contributed by atoms with Gasteiger partial charge in [0.1, 0.15) is 22.3 Å². The number of furan rings is 2. The van der Waals surface area contributed by atoms with Crippen molar-refractivity contribution in [1.29, 1.82) is 0 Å². The molecule has 0 aliphatic rings. The van der Waals surface area contributed by atoms with Crippen LogP contribution in [0.5, 0.6) is 0 Å². The first-order valence-electron chi connectivity index (χ1n) is 19.4. The van der Waals surface area contributed by atoms with Gasteiger partial charge in [-0.3, -0.25) is 0 Å². The average molecular weight is 728 g/mol. The molecule has 0 saturated carbocycles. The highest BCUT2D eigenvalue weighted by molar-refractivity contribution is 6.23. The molecule has 0 unspecified atom stereocenters. The first-order chi connectivity index (χ1) is 28.3. The van der Waals surface area contributed by atoms with Gasteiger partial charge in [0.05, 0.1) is 11.1 Å². The topological polar surface area (TPSA) is 29.5 Å². The standard InChI is InChI=1S/C54H33NO2/c1-2-13-34(14-3-1)46-33-52-53(43-19-8-10-22-49(43)57-52)47-32-38(29-30-42(46)47)55(48-21-12-24-51-54(48)44-20-9-11-23-50(44)56-51)37-27-25-35(26-28-37)45-31-36-15-4-5-16-39(36)40-17-6-7-18-41(40)45/h1-33H. The minimum Gasteiger partial charge on any atom is -0.456 e. The van der Waals surface area contributed by atoms with E-state index in [1.807, 2.05) is 18.2 Å². The summed E-state index contributed by atoms with van der Waals surface area (Å²) in [5, 5.41) is 11.7. The molecule has 0 bridgehead atoms. The van der Waals surface area contributed by atoms with Crippen LogP contribution < -0.4 is 4.90 Å². The van der Waals surface area contributed by atoms with E-state index >= 15 is 0 Å². The van der Waals surface area contributed by atoms with E-state index < -0.39 is 0 Å². The first kappa shape index (κ1) is 31.7. The molecule has 0 radical (unpaired) electrons. The van der Waals surface area contributed by atoms with Gasteiger partial charge >= 0.3 is 0 Å². The quantitative estimate of drug-likeness (QED) is 0.165. The molecule has 10 aromatic carbocycles. The van der Waals surface area contributed by atoms with Gasteiger partial charge in [-0.2, -0.15) is 0 Å². The molecule has 2 aromatic heterocycles. The van der Waals surface area contributed by atoms with Crippen molar-refractivity contribution in [2.45, 2.75) is 0 Å². The van der Waals surface area contributed by atoms with Crippen molar-refractivity contribution >= 4 is 93.3 Å². The van der Waals surface area contributed by atoms with Crippen LogP contribution in [0.15, 0.2) is 209 Å². The van der Waals surface area contributed by atoms with E-state index in [9.17, 15) is 0 Å². The molecule has 0 saturated heterocycles. The maximum atomic E-state index is 6.57. The number of nitrogens with zero attached hydrogens (tertiary/aromatic N) is 1. The smallest absolute Gasteiger partial charge is 0.137 e. The van der Waals surface area contributed by atoms with Crippen molar-refractivity contribution in [3.63, 3.8) is 0 Å². The number of rotatable bonds is 5. The molecule has 0 atom stereocenters. The normalized spacial score (nSPS) is 11.9. The van der Waals surface area contributed by atoms with Gasteiger partial charge in [0.25, 0.3) is 0 Å². The Morgan fingerprint density at radius 3 is 1.65 bits per heavy atom. The molecule has 0 aliphatic heterocycles. The minimum absolute atomic E-state index is 0.855. The van der Waals surface area contributed by atoms with Gasteiger partial charge in [-0.15, -0.1) is 0 Å². The number of anilines is 3. The van der Waals surface area contributed by atoms with Crippen LogP contribution in [0.1, 0.15) is 0 Å². The van der Waals surface area contributed by atoms with Gasteiger partial charge in [-0.25, -0.2) is 0 Å². The summed E-state index contributed by atoms with van der Waals surface area (Å²) < 4.78 is 13.0. The Bertz CT molecular complexity index is 3520. The molecule has 266 valence electrons. The Hall–Kier alpha value is -7.62. The molecule has 3 nitrogen and oxygen atoms in total. The lowest BCUT2D eigenvalue weighted by molar-refractivity contribution is 0.668. The highest BCUT2D eigenvalue weighted by Gasteiger charge is 2.22. The monoisotopic (exact) mass is 727 g/mol. The van der Waals surface area contributed by atoms with E-state index in [0.717, 1.165) is 77.5 Å². The summed E-state index contributed by atoms with van der Waals surface area (Å²) in [5.74, 6) is 0. The Morgan fingerprint density at radius 1 is 0.298 bits per heavy atom. The summed E-state index contributed by atoms with van der Waals surface area (Å²) in [6.07, 6.45) is 0. The maximum Gasteiger partial charge on any atom is 0.137 e. The van der Waals surface area contributed by atoms with Crippen LogP contribution in [-0.2, 0) is 0 Å². The van der Waals surface area contributed by atoms with Crippen LogP contribution in [0, 0.1) is 0 Å². The molecular weight excluding hydrogens is 695 g/mol. The van der Waals surface area contributed by atoms with Gasteiger partial charge < -0.3 is 13.7 Å². The lowest BCUT2D eigenvalue weighted by Gasteiger charge is -2.27. The third-order valence-electron chi connectivity index (χ3n) is 11.6. The highest BCUT2D eigenvalue weighted by Crippen LogP contribution is 2.47. The third-order valence-corrected chi connectivity index (χ3v) is 11.6. The maximum absolute atomic E-state index is 6.57. The lowest BCUT2D eigenvalue weighted by Crippen LogP contribution is -2.10. The molecule has 57 heavy (non-hydrogen) atoms. The van der Waals surface area contributed by atoms with Crippen LogP contribution in [0.4, 0.5) is 17.1 Å². The van der Waals surface area contributed by atoms with Gasteiger partial charge in [0.15, 0.2) is 0 Å². The summed E-state index contributed by atoms with van der Waals surface area (Å²) in [6, 6.07) is 71.5. The van der Waals surface area contributed by atoms with E-state index in [-0.39, 0.29) is 0 Å². The van der Waals surface area contributed by atoms with E-state index in [1.54, 1.807) is 0 Å². The summed E-state index contributed by atoms with van der Waals surface area (Å²) in [5.41, 5.74) is 11.3. The van der Waals surface area contributed by atoms with Crippen LogP contribution in [0.2, 0.25) is 0 Å². The van der Waals surface area contributed by atoms with Crippen LogP contribution >= 0.6 is 0 Å². The third kappa shape index (κ3) is 4.92. The molecule has 0 fully saturated rings. The zero-order valence-corrected chi connectivity index (χ0v) is 30.8. The van der Waals surface area contributed by atoms with Crippen molar-refractivity contribution in [3.8, 4) is 22.3 Å². The number of benzene rings is 10. The van der Waals surface area contributed by atoms with Crippen molar-refractivity contribution in [2.75, 3.05) is 4.90 Å². The summed E-state index contributed by atoms with van der Waals surface area (Å²) >= 11 is 0. The zero-order valence-electron chi connectivity index (χ0n) is 30.8. The molecule has 0 amide bonds. The molecule has 0 N–H and O–H groups in total. The molecule has 3 heteroatoms. The molecular formula is C54H33NO2. The fourth-order valence-electron chi connectivity index (χ4n) is 9.07. The van der Waals surface area contributed by atoms with Crippen molar-refractivity contribution in [1.82, 2.24) is 0 Å². The van der Waals surface area contributed by atoms with Gasteiger partial charge in [0, 0.05) is 27.5 Å². The van der Waals surface area contributed by atoms with E-state index in [2.05, 4.69) is 187 Å². The number of para-hydroxylation sites is 2. The number of hydrogen-bond acceptors (Lipinski definition) is 3. The van der Waals surface area contributed by atoms with E-state index in [0.29, 0.717) is 0 Å². The molecule has 0 spiro atoms. The Labute approximate surface area is 328 Å². The number of fused-ring (bicyclic) bond motifs is 11. The SMILES string of the molecule is c1ccc(-c2cc3oc4ccccc4c3c3cc(N(c4ccc(-c5cc6ccccc6c6ccccc56)cc4)c4cccc5oc6ccccc6c45)ccc23)cc1. The molecule has 0 aliphatic carbocycles. The van der Waals surface area contributed by atoms with E-state index in [4.69, 9.17) is 8.83 Å². The Kier molecular flexibility index (Phi) is 6.93. The minimum atomic E-state index is 0.855. The fraction of sp³-hybridized carbons (Fsp3) is 0. The average Bonchev–Trinajstić information content (AvgIpc) is 3.86. The fourth-order valence-corrected chi connectivity index (χ4v) is 9.07. The molecule has 2 heterocycles. The lowest BCUT2D eigenvalue weighted by atomic mass is 9.93. The van der Waals surface area contributed by atoms with Crippen molar-refractivity contribution < 1.29 is 8.83 Å². The summed E-state index contributed by atoms with van der Waals surface area (Å²) in [4.78, 5) is 2.38. The van der Waals surface area contributed by atoms with Gasteiger partial charge in [-0.1, -0.05) is 140 Å². The second kappa shape index (κ2) is 12.5. The summed E-state index contributed by atoms with van der Waals surface area (Å²) in [6.45, 7) is 0. The predicted molar refractivity (Wildman–Crippen MR) is 239 cm³/mol. The summed E-state index contributed by atoms with van der Waals surface area (Å²) in [7, 11) is 0. The zero-order chi connectivity index (χ0) is 37.5. The second-order valence-corrected chi connectivity index (χ2v) is 14.8. The van der Waals surface area contributed by atoms with Crippen LogP contribution in [0.3, 0.4) is 0 Å². The van der Waals surface area contributed by atoms with Crippen LogP contribution in [0.25, 0.3) is 98.4 Å². The highest BCUT2D eigenvalue weighted by atomic mass is 16.3. The predicted octanol–water partition coefficient (Wildman–Crippen LogP) is 15.7. The Balaban J connectivity index is 1.12.